The molecule has 1 fully saturated rings. The van der Waals surface area contributed by atoms with Crippen LogP contribution in [0.25, 0.3) is 0 Å². The van der Waals surface area contributed by atoms with Crippen LogP contribution in [0.4, 0.5) is 11.4 Å². The van der Waals surface area contributed by atoms with Crippen molar-refractivity contribution in [2.45, 2.75) is 13.3 Å². The van der Waals surface area contributed by atoms with Crippen LogP contribution in [-0.4, -0.2) is 42.7 Å². The van der Waals surface area contributed by atoms with Crippen LogP contribution in [0.5, 0.6) is 5.75 Å². The number of benzene rings is 1. The Balaban J connectivity index is 1.98. The Morgan fingerprint density at radius 2 is 1.94 bits per heavy atom. The molecular formula is C13H21N3O. The molecule has 94 valence electrons. The zero-order valence-corrected chi connectivity index (χ0v) is 10.4. The predicted molar refractivity (Wildman–Crippen MR) is 71.5 cm³/mol. The third-order valence-electron chi connectivity index (χ3n) is 3.29. The highest BCUT2D eigenvalue weighted by Gasteiger charge is 2.16. The second-order valence-electron chi connectivity index (χ2n) is 4.57. The Bertz CT molecular complexity index is 373. The maximum Gasteiger partial charge on any atom is 0.140 e. The number of phenols is 1. The zero-order chi connectivity index (χ0) is 12.3. The van der Waals surface area contributed by atoms with Gasteiger partial charge in [-0.15, -0.1) is 0 Å². The molecule has 1 saturated heterocycles. The Labute approximate surface area is 103 Å². The fraction of sp³-hybridized carbons (Fsp3) is 0.538. The van der Waals surface area contributed by atoms with Crippen LogP contribution >= 0.6 is 0 Å². The van der Waals surface area contributed by atoms with E-state index in [2.05, 4.69) is 16.7 Å². The molecule has 1 heterocycles. The van der Waals surface area contributed by atoms with Crippen LogP contribution in [0.3, 0.4) is 0 Å². The van der Waals surface area contributed by atoms with Crippen LogP contribution in [0.1, 0.15) is 13.3 Å². The van der Waals surface area contributed by atoms with Gasteiger partial charge in [0.25, 0.3) is 0 Å². The molecule has 4 nitrogen and oxygen atoms in total. The van der Waals surface area contributed by atoms with Gasteiger partial charge in [0.15, 0.2) is 0 Å². The van der Waals surface area contributed by atoms with Crippen molar-refractivity contribution in [3.05, 3.63) is 18.2 Å². The topological polar surface area (TPSA) is 52.7 Å². The van der Waals surface area contributed by atoms with Crippen molar-refractivity contribution in [2.75, 3.05) is 43.4 Å². The summed E-state index contributed by atoms with van der Waals surface area (Å²) in [6.07, 6.45) is 1.21. The first-order chi connectivity index (χ1) is 8.20. The zero-order valence-electron chi connectivity index (χ0n) is 10.4. The number of hydrogen-bond acceptors (Lipinski definition) is 4. The molecule has 0 aromatic heterocycles. The van der Waals surface area contributed by atoms with Crippen molar-refractivity contribution in [1.82, 2.24) is 4.90 Å². The summed E-state index contributed by atoms with van der Waals surface area (Å²) in [5.41, 5.74) is 7.11. The van der Waals surface area contributed by atoms with Crippen LogP contribution in [0.15, 0.2) is 18.2 Å². The van der Waals surface area contributed by atoms with Crippen molar-refractivity contribution in [1.29, 1.82) is 0 Å². The molecule has 17 heavy (non-hydrogen) atoms. The molecule has 0 unspecified atom stereocenters. The van der Waals surface area contributed by atoms with E-state index in [9.17, 15) is 5.11 Å². The molecule has 1 aromatic rings. The fourth-order valence-corrected chi connectivity index (χ4v) is 2.27. The lowest BCUT2D eigenvalue weighted by atomic mass is 10.2. The Hall–Kier alpha value is -1.42. The first-order valence-electron chi connectivity index (χ1n) is 6.26. The van der Waals surface area contributed by atoms with E-state index in [1.165, 1.54) is 13.0 Å². The van der Waals surface area contributed by atoms with Crippen LogP contribution in [-0.2, 0) is 0 Å². The number of nitrogen functional groups attached to an aromatic ring is 1. The van der Waals surface area contributed by atoms with E-state index in [0.29, 0.717) is 5.69 Å². The molecule has 4 heteroatoms. The van der Waals surface area contributed by atoms with Gasteiger partial charge in [0.1, 0.15) is 5.75 Å². The molecule has 0 aliphatic carbocycles. The van der Waals surface area contributed by atoms with Gasteiger partial charge in [-0.25, -0.2) is 0 Å². The van der Waals surface area contributed by atoms with E-state index < -0.39 is 0 Å². The summed E-state index contributed by atoms with van der Waals surface area (Å²) >= 11 is 0. The van der Waals surface area contributed by atoms with E-state index in [0.717, 1.165) is 31.9 Å². The Morgan fingerprint density at radius 3 is 2.53 bits per heavy atom. The number of aromatic hydroxyl groups is 1. The standard InChI is InChI=1S/C13H21N3O/c1-2-5-15-6-8-16(9-7-15)11-3-4-12(14)13(17)10-11/h3-4,10,17H,2,5-9,14H2,1H3. The van der Waals surface area contributed by atoms with E-state index >= 15 is 0 Å². The smallest absolute Gasteiger partial charge is 0.140 e. The molecule has 0 atom stereocenters. The van der Waals surface area contributed by atoms with Gasteiger partial charge in [-0.2, -0.15) is 0 Å². The molecule has 0 bridgehead atoms. The third-order valence-corrected chi connectivity index (χ3v) is 3.29. The number of piperazine rings is 1. The van der Waals surface area contributed by atoms with Crippen molar-refractivity contribution in [2.24, 2.45) is 0 Å². The van der Waals surface area contributed by atoms with Crippen LogP contribution in [0, 0.1) is 0 Å². The molecule has 3 N–H and O–H groups in total. The Morgan fingerprint density at radius 1 is 1.24 bits per heavy atom. The Kier molecular flexibility index (Phi) is 3.74. The van der Waals surface area contributed by atoms with Gasteiger partial charge >= 0.3 is 0 Å². The lowest BCUT2D eigenvalue weighted by Gasteiger charge is -2.36. The minimum Gasteiger partial charge on any atom is -0.506 e. The summed E-state index contributed by atoms with van der Waals surface area (Å²) in [6, 6.07) is 5.50. The number of phenolic OH excluding ortho intramolecular Hbond substituents is 1. The quantitative estimate of drug-likeness (QED) is 0.616. The number of anilines is 2. The van der Waals surface area contributed by atoms with Crippen LogP contribution in [0.2, 0.25) is 0 Å². The molecular weight excluding hydrogens is 214 g/mol. The van der Waals surface area contributed by atoms with Gasteiger partial charge in [-0.05, 0) is 25.1 Å². The minimum absolute atomic E-state index is 0.179. The molecule has 0 radical (unpaired) electrons. The summed E-state index contributed by atoms with van der Waals surface area (Å²) < 4.78 is 0. The second-order valence-corrected chi connectivity index (χ2v) is 4.57. The molecule has 1 aliphatic heterocycles. The highest BCUT2D eigenvalue weighted by molar-refractivity contribution is 5.61. The summed E-state index contributed by atoms with van der Waals surface area (Å²) in [7, 11) is 0. The molecule has 1 aromatic carbocycles. The normalized spacial score (nSPS) is 17.4. The molecule has 0 spiro atoms. The number of nitrogens with two attached hydrogens (primary N) is 1. The average molecular weight is 235 g/mol. The van der Waals surface area contributed by atoms with Gasteiger partial charge < -0.3 is 15.7 Å². The highest BCUT2D eigenvalue weighted by atomic mass is 16.3. The summed E-state index contributed by atoms with van der Waals surface area (Å²) in [4.78, 5) is 4.78. The van der Waals surface area contributed by atoms with Gasteiger partial charge in [0, 0.05) is 37.9 Å². The maximum absolute atomic E-state index is 9.60. The fourth-order valence-electron chi connectivity index (χ4n) is 2.27. The first-order valence-corrected chi connectivity index (χ1v) is 6.26. The minimum atomic E-state index is 0.179. The maximum atomic E-state index is 9.60. The molecule has 0 saturated carbocycles. The van der Waals surface area contributed by atoms with E-state index in [1.807, 2.05) is 6.07 Å². The van der Waals surface area contributed by atoms with Crippen molar-refractivity contribution >= 4 is 11.4 Å². The van der Waals surface area contributed by atoms with Crippen LogP contribution < -0.4 is 10.6 Å². The highest BCUT2D eigenvalue weighted by Crippen LogP contribution is 2.26. The third kappa shape index (κ3) is 2.82. The monoisotopic (exact) mass is 235 g/mol. The van der Waals surface area contributed by atoms with Crippen molar-refractivity contribution in [3.63, 3.8) is 0 Å². The number of rotatable bonds is 3. The lowest BCUT2D eigenvalue weighted by Crippen LogP contribution is -2.46. The second kappa shape index (κ2) is 5.27. The summed E-state index contributed by atoms with van der Waals surface area (Å²) in [5, 5.41) is 9.60. The largest absolute Gasteiger partial charge is 0.506 e. The van der Waals surface area contributed by atoms with Gasteiger partial charge in [0.05, 0.1) is 5.69 Å². The van der Waals surface area contributed by atoms with Gasteiger partial charge in [0.2, 0.25) is 0 Å². The lowest BCUT2D eigenvalue weighted by molar-refractivity contribution is 0.258. The number of nitrogens with zero attached hydrogens (tertiary/aromatic N) is 2. The number of hydrogen-bond donors (Lipinski definition) is 2. The van der Waals surface area contributed by atoms with Crippen molar-refractivity contribution in [3.8, 4) is 5.75 Å². The average Bonchev–Trinajstić information content (AvgIpc) is 2.34. The summed E-state index contributed by atoms with van der Waals surface area (Å²) in [5.74, 6) is 0.179. The predicted octanol–water partition coefficient (Wildman–Crippen LogP) is 1.51. The molecule has 2 rings (SSSR count). The SMILES string of the molecule is CCCN1CCN(c2ccc(N)c(O)c2)CC1. The van der Waals surface area contributed by atoms with Gasteiger partial charge in [-0.1, -0.05) is 6.92 Å². The molecule has 1 aliphatic rings. The van der Waals surface area contributed by atoms with E-state index in [1.54, 1.807) is 12.1 Å². The molecule has 0 amide bonds. The van der Waals surface area contributed by atoms with Gasteiger partial charge in [-0.3, -0.25) is 4.90 Å². The first kappa shape index (κ1) is 12.0. The summed E-state index contributed by atoms with van der Waals surface area (Å²) in [6.45, 7) is 7.62. The van der Waals surface area contributed by atoms with E-state index in [4.69, 9.17) is 5.73 Å². The van der Waals surface area contributed by atoms with E-state index in [-0.39, 0.29) is 5.75 Å². The van der Waals surface area contributed by atoms with Crippen molar-refractivity contribution < 1.29 is 5.11 Å².